The molecule has 1 aliphatic heterocycles. The maximum atomic E-state index is 5.40. The van der Waals surface area contributed by atoms with Crippen molar-refractivity contribution in [2.24, 2.45) is 4.99 Å². The Balaban J connectivity index is 0.00000176. The molecular formula is C16H24IN3O2. The number of ether oxygens (including phenoxy) is 2. The first kappa shape index (κ1) is 17.2. The van der Waals surface area contributed by atoms with Crippen LogP contribution in [0.3, 0.4) is 0 Å². The Hall–Kier alpha value is -1.18. The van der Waals surface area contributed by atoms with Crippen molar-refractivity contribution < 1.29 is 9.47 Å². The van der Waals surface area contributed by atoms with Crippen LogP contribution in [0.4, 0.5) is 0 Å². The van der Waals surface area contributed by atoms with Gasteiger partial charge in [-0.05, 0) is 37.0 Å². The molecule has 6 heteroatoms. The third-order valence-electron chi connectivity index (χ3n) is 4.06. The fraction of sp³-hybridized carbons (Fsp3) is 0.562. The molecule has 122 valence electrons. The number of hydrogen-bond acceptors (Lipinski definition) is 3. The highest BCUT2D eigenvalue weighted by Crippen LogP contribution is 2.32. The summed E-state index contributed by atoms with van der Waals surface area (Å²) in [6.45, 7) is 1.18. The number of nitrogens with one attached hydrogen (secondary N) is 2. The SMILES string of the molecule is CN=C(NCCc1ccc2c(c1)OCO2)NC1CCCC1.I. The van der Waals surface area contributed by atoms with Gasteiger partial charge in [0.2, 0.25) is 6.79 Å². The molecule has 22 heavy (non-hydrogen) atoms. The summed E-state index contributed by atoms with van der Waals surface area (Å²) in [4.78, 5) is 4.29. The van der Waals surface area contributed by atoms with E-state index < -0.39 is 0 Å². The van der Waals surface area contributed by atoms with Crippen molar-refractivity contribution in [3.8, 4) is 11.5 Å². The molecule has 0 unspecified atom stereocenters. The predicted molar refractivity (Wildman–Crippen MR) is 98.4 cm³/mol. The Bertz CT molecular complexity index is 516. The van der Waals surface area contributed by atoms with Gasteiger partial charge in [-0.2, -0.15) is 0 Å². The lowest BCUT2D eigenvalue weighted by Crippen LogP contribution is -2.42. The largest absolute Gasteiger partial charge is 0.454 e. The Morgan fingerprint density at radius 2 is 2.00 bits per heavy atom. The van der Waals surface area contributed by atoms with E-state index in [1.165, 1.54) is 31.2 Å². The number of rotatable bonds is 4. The fourth-order valence-electron chi connectivity index (χ4n) is 2.88. The van der Waals surface area contributed by atoms with Crippen LogP contribution in [0.5, 0.6) is 11.5 Å². The normalized spacial score (nSPS) is 17.2. The van der Waals surface area contributed by atoms with Gasteiger partial charge in [0.1, 0.15) is 0 Å². The predicted octanol–water partition coefficient (Wildman–Crippen LogP) is 2.68. The quantitative estimate of drug-likeness (QED) is 0.450. The highest BCUT2D eigenvalue weighted by atomic mass is 127. The van der Waals surface area contributed by atoms with Gasteiger partial charge in [-0.1, -0.05) is 18.9 Å². The van der Waals surface area contributed by atoms with Crippen LogP contribution >= 0.6 is 24.0 Å². The van der Waals surface area contributed by atoms with Gasteiger partial charge in [0.25, 0.3) is 0 Å². The lowest BCUT2D eigenvalue weighted by atomic mass is 10.1. The number of halogens is 1. The van der Waals surface area contributed by atoms with Gasteiger partial charge in [-0.15, -0.1) is 24.0 Å². The first-order valence-electron chi connectivity index (χ1n) is 7.71. The second kappa shape index (κ2) is 8.45. The fourth-order valence-corrected chi connectivity index (χ4v) is 2.88. The Morgan fingerprint density at radius 1 is 1.23 bits per heavy atom. The van der Waals surface area contributed by atoms with Gasteiger partial charge in [0, 0.05) is 19.6 Å². The first-order chi connectivity index (χ1) is 10.3. The molecule has 1 saturated carbocycles. The summed E-state index contributed by atoms with van der Waals surface area (Å²) in [5.74, 6) is 2.59. The highest BCUT2D eigenvalue weighted by molar-refractivity contribution is 14.0. The van der Waals surface area contributed by atoms with Crippen molar-refractivity contribution in [1.29, 1.82) is 0 Å². The zero-order valence-electron chi connectivity index (χ0n) is 12.9. The molecule has 0 saturated heterocycles. The minimum Gasteiger partial charge on any atom is -0.454 e. The lowest BCUT2D eigenvalue weighted by Gasteiger charge is -2.16. The Kier molecular flexibility index (Phi) is 6.60. The molecule has 2 N–H and O–H groups in total. The summed E-state index contributed by atoms with van der Waals surface area (Å²) in [6.07, 6.45) is 6.09. The van der Waals surface area contributed by atoms with Crippen LogP contribution in [0.2, 0.25) is 0 Å². The van der Waals surface area contributed by atoms with E-state index in [9.17, 15) is 0 Å². The number of nitrogens with zero attached hydrogens (tertiary/aromatic N) is 1. The van der Waals surface area contributed by atoms with Crippen molar-refractivity contribution >= 4 is 29.9 Å². The lowest BCUT2D eigenvalue weighted by molar-refractivity contribution is 0.174. The van der Waals surface area contributed by atoms with Crippen LogP contribution in [0.1, 0.15) is 31.2 Å². The third kappa shape index (κ3) is 4.41. The maximum absolute atomic E-state index is 5.40. The summed E-state index contributed by atoms with van der Waals surface area (Å²) in [5, 5.41) is 6.87. The standard InChI is InChI=1S/C16H23N3O2.HI/c1-17-16(19-13-4-2-3-5-13)18-9-8-12-6-7-14-15(10-12)21-11-20-14;/h6-7,10,13H,2-5,8-9,11H2,1H3,(H2,17,18,19);1H. The smallest absolute Gasteiger partial charge is 0.231 e. The molecule has 0 radical (unpaired) electrons. The minimum absolute atomic E-state index is 0. The van der Waals surface area contributed by atoms with Crippen molar-refractivity contribution in [2.75, 3.05) is 20.4 Å². The number of fused-ring (bicyclic) bond motifs is 1. The number of guanidine groups is 1. The van der Waals surface area contributed by atoms with Crippen LogP contribution in [0, 0.1) is 0 Å². The average molecular weight is 417 g/mol. The Labute approximate surface area is 148 Å². The molecule has 1 aromatic rings. The zero-order valence-corrected chi connectivity index (χ0v) is 15.3. The van der Waals surface area contributed by atoms with Crippen molar-refractivity contribution in [3.05, 3.63) is 23.8 Å². The van der Waals surface area contributed by atoms with Crippen LogP contribution in [0.15, 0.2) is 23.2 Å². The molecule has 3 rings (SSSR count). The molecule has 5 nitrogen and oxygen atoms in total. The van der Waals surface area contributed by atoms with E-state index in [0.29, 0.717) is 12.8 Å². The average Bonchev–Trinajstić information content (AvgIpc) is 3.16. The highest BCUT2D eigenvalue weighted by Gasteiger charge is 2.16. The summed E-state index contributed by atoms with van der Waals surface area (Å²) >= 11 is 0. The number of aliphatic imine (C=N–C) groups is 1. The molecule has 1 heterocycles. The number of benzene rings is 1. The maximum Gasteiger partial charge on any atom is 0.231 e. The number of hydrogen-bond donors (Lipinski definition) is 2. The molecule has 1 aromatic carbocycles. The van der Waals surface area contributed by atoms with E-state index in [4.69, 9.17) is 9.47 Å². The van der Waals surface area contributed by atoms with E-state index in [1.54, 1.807) is 0 Å². The summed E-state index contributed by atoms with van der Waals surface area (Å²) in [7, 11) is 1.82. The van der Waals surface area contributed by atoms with Gasteiger partial charge in [0.15, 0.2) is 17.5 Å². The van der Waals surface area contributed by atoms with Crippen molar-refractivity contribution in [2.45, 2.75) is 38.1 Å². The minimum atomic E-state index is 0. The summed E-state index contributed by atoms with van der Waals surface area (Å²) in [5.41, 5.74) is 1.24. The summed E-state index contributed by atoms with van der Waals surface area (Å²) < 4.78 is 10.7. The third-order valence-corrected chi connectivity index (χ3v) is 4.06. The topological polar surface area (TPSA) is 54.9 Å². The second-order valence-electron chi connectivity index (χ2n) is 5.56. The molecule has 2 aliphatic rings. The van der Waals surface area contributed by atoms with Crippen LogP contribution < -0.4 is 20.1 Å². The van der Waals surface area contributed by atoms with Crippen molar-refractivity contribution in [1.82, 2.24) is 10.6 Å². The Morgan fingerprint density at radius 3 is 2.77 bits per heavy atom. The van der Waals surface area contributed by atoms with E-state index in [0.717, 1.165) is 30.4 Å². The van der Waals surface area contributed by atoms with Gasteiger partial charge in [-0.25, -0.2) is 0 Å². The van der Waals surface area contributed by atoms with E-state index >= 15 is 0 Å². The zero-order chi connectivity index (χ0) is 14.5. The molecule has 1 fully saturated rings. The van der Waals surface area contributed by atoms with E-state index in [-0.39, 0.29) is 24.0 Å². The molecule has 0 atom stereocenters. The van der Waals surface area contributed by atoms with Gasteiger partial charge >= 0.3 is 0 Å². The van der Waals surface area contributed by atoms with Gasteiger partial charge in [0.05, 0.1) is 0 Å². The molecule has 0 aromatic heterocycles. The molecule has 0 amide bonds. The van der Waals surface area contributed by atoms with Crippen LogP contribution in [-0.4, -0.2) is 32.4 Å². The first-order valence-corrected chi connectivity index (χ1v) is 7.71. The molecule has 0 bridgehead atoms. The molecule has 1 aliphatic carbocycles. The molecular weight excluding hydrogens is 393 g/mol. The van der Waals surface area contributed by atoms with E-state index in [2.05, 4.69) is 27.8 Å². The summed E-state index contributed by atoms with van der Waals surface area (Å²) in [6, 6.07) is 6.70. The van der Waals surface area contributed by atoms with Gasteiger partial charge in [-0.3, -0.25) is 4.99 Å². The van der Waals surface area contributed by atoms with Gasteiger partial charge < -0.3 is 20.1 Å². The van der Waals surface area contributed by atoms with E-state index in [1.807, 2.05) is 13.1 Å². The molecule has 0 spiro atoms. The van der Waals surface area contributed by atoms with Crippen LogP contribution in [-0.2, 0) is 6.42 Å². The van der Waals surface area contributed by atoms with Crippen molar-refractivity contribution in [3.63, 3.8) is 0 Å². The second-order valence-corrected chi connectivity index (χ2v) is 5.56. The van der Waals surface area contributed by atoms with Crippen LogP contribution in [0.25, 0.3) is 0 Å². The monoisotopic (exact) mass is 417 g/mol.